The lowest BCUT2D eigenvalue weighted by molar-refractivity contribution is 0.608. The fourth-order valence-electron chi connectivity index (χ4n) is 2.25. The number of halogens is 1. The Bertz CT molecular complexity index is 658. The van der Waals surface area contributed by atoms with Gasteiger partial charge in [0.05, 0.1) is 5.56 Å². The first-order valence-electron chi connectivity index (χ1n) is 6.50. The summed E-state index contributed by atoms with van der Waals surface area (Å²) >= 11 is 1.54. The molecule has 0 aromatic heterocycles. The molecule has 0 amide bonds. The van der Waals surface area contributed by atoms with Crippen molar-refractivity contribution in [2.24, 2.45) is 5.73 Å². The Morgan fingerprint density at radius 3 is 2.57 bits per heavy atom. The highest BCUT2D eigenvalue weighted by molar-refractivity contribution is 7.98. The van der Waals surface area contributed by atoms with E-state index >= 15 is 0 Å². The highest BCUT2D eigenvalue weighted by Gasteiger charge is 2.15. The molecule has 0 aliphatic heterocycles. The summed E-state index contributed by atoms with van der Waals surface area (Å²) in [5.41, 5.74) is 7.87. The molecule has 0 saturated carbocycles. The first kappa shape index (κ1) is 15.4. The molecule has 5 heteroatoms. The van der Waals surface area contributed by atoms with Gasteiger partial charge in [-0.05, 0) is 24.5 Å². The molecule has 0 aliphatic carbocycles. The number of nitrogens with two attached hydrogens (primary N) is 1. The number of hydrogen-bond donors (Lipinski definition) is 2. The maximum Gasteiger partial charge on any atom is 0.128 e. The fraction of sp³-hybridized carbons (Fsp3) is 0.188. The van der Waals surface area contributed by atoms with E-state index in [1.54, 1.807) is 23.9 Å². The zero-order valence-electron chi connectivity index (χ0n) is 12.1. The van der Waals surface area contributed by atoms with E-state index in [0.717, 1.165) is 10.6 Å². The van der Waals surface area contributed by atoms with Crippen molar-refractivity contribution in [2.75, 3.05) is 18.2 Å². The van der Waals surface area contributed by atoms with Gasteiger partial charge >= 0.3 is 0 Å². The molecular weight excluding hydrogens is 285 g/mol. The second-order valence-corrected chi connectivity index (χ2v) is 5.56. The van der Waals surface area contributed by atoms with Gasteiger partial charge in [-0.25, -0.2) is 4.39 Å². The molecule has 3 N–H and O–H groups in total. The average Bonchev–Trinajstić information content (AvgIpc) is 2.48. The van der Waals surface area contributed by atoms with E-state index in [2.05, 4.69) is 0 Å². The van der Waals surface area contributed by atoms with Gasteiger partial charge in [-0.2, -0.15) is 0 Å². The normalized spacial score (nSPS) is 10.4. The molecule has 110 valence electrons. The number of benzene rings is 2. The number of nitrogens with zero attached hydrogens (tertiary/aromatic N) is 1. The molecule has 2 aromatic carbocycles. The standard InChI is InChI=1S/C16H18FN3S/c1-20(10-11-6-3-4-7-12(11)17)13-8-5-9-14(21-2)15(13)16(18)19/h3-9H,10H2,1-2H3,(H3,18,19). The third-order valence-corrected chi connectivity index (χ3v) is 4.05. The zero-order chi connectivity index (χ0) is 15.4. The quantitative estimate of drug-likeness (QED) is 0.505. The van der Waals surface area contributed by atoms with Crippen LogP contribution < -0.4 is 10.6 Å². The number of hydrogen-bond acceptors (Lipinski definition) is 3. The molecular formula is C16H18FN3S. The van der Waals surface area contributed by atoms with Crippen molar-refractivity contribution < 1.29 is 4.39 Å². The van der Waals surface area contributed by atoms with Crippen LogP contribution in [0.15, 0.2) is 47.4 Å². The Morgan fingerprint density at radius 1 is 1.24 bits per heavy atom. The van der Waals surface area contributed by atoms with Gasteiger partial charge in [0.15, 0.2) is 0 Å². The number of nitrogen functional groups attached to an aromatic ring is 1. The first-order valence-corrected chi connectivity index (χ1v) is 7.73. The predicted molar refractivity (Wildman–Crippen MR) is 87.7 cm³/mol. The highest BCUT2D eigenvalue weighted by Crippen LogP contribution is 2.29. The van der Waals surface area contributed by atoms with Crippen molar-refractivity contribution in [1.29, 1.82) is 5.41 Å². The summed E-state index contributed by atoms with van der Waals surface area (Å²) in [7, 11) is 1.87. The monoisotopic (exact) mass is 303 g/mol. The van der Waals surface area contributed by atoms with Crippen LogP contribution >= 0.6 is 11.8 Å². The Kier molecular flexibility index (Phi) is 4.85. The average molecular weight is 303 g/mol. The van der Waals surface area contributed by atoms with Crippen LogP contribution in [0, 0.1) is 11.2 Å². The minimum Gasteiger partial charge on any atom is -0.384 e. The minimum atomic E-state index is -0.227. The predicted octanol–water partition coefficient (Wildman–Crippen LogP) is 3.47. The number of anilines is 1. The Morgan fingerprint density at radius 2 is 1.95 bits per heavy atom. The van der Waals surface area contributed by atoms with E-state index in [9.17, 15) is 4.39 Å². The van der Waals surface area contributed by atoms with Gasteiger partial charge in [0.1, 0.15) is 11.7 Å². The largest absolute Gasteiger partial charge is 0.384 e. The fourth-order valence-corrected chi connectivity index (χ4v) is 2.88. The summed E-state index contributed by atoms with van der Waals surface area (Å²) in [6.45, 7) is 0.421. The first-order chi connectivity index (χ1) is 10.0. The van der Waals surface area contributed by atoms with Crippen LogP contribution in [0.25, 0.3) is 0 Å². The van der Waals surface area contributed by atoms with Crippen LogP contribution in [0.1, 0.15) is 11.1 Å². The summed E-state index contributed by atoms with van der Waals surface area (Å²) in [5.74, 6) is -0.204. The molecule has 2 rings (SSSR count). The highest BCUT2D eigenvalue weighted by atomic mass is 32.2. The van der Waals surface area contributed by atoms with Crippen LogP contribution in [0.4, 0.5) is 10.1 Å². The van der Waals surface area contributed by atoms with Gasteiger partial charge in [-0.3, -0.25) is 5.41 Å². The number of amidine groups is 1. The summed E-state index contributed by atoms with van der Waals surface area (Å²) in [5, 5.41) is 7.80. The summed E-state index contributed by atoms with van der Waals surface area (Å²) in [6, 6.07) is 12.5. The van der Waals surface area contributed by atoms with Crippen LogP contribution in [0.2, 0.25) is 0 Å². The van der Waals surface area contributed by atoms with Crippen molar-refractivity contribution >= 4 is 23.3 Å². The minimum absolute atomic E-state index is 0.0235. The van der Waals surface area contributed by atoms with Gasteiger partial charge in [-0.15, -0.1) is 11.8 Å². The lowest BCUT2D eigenvalue weighted by Crippen LogP contribution is -2.23. The maximum atomic E-state index is 13.8. The molecule has 0 heterocycles. The van der Waals surface area contributed by atoms with E-state index in [-0.39, 0.29) is 11.7 Å². The Labute approximate surface area is 128 Å². The molecule has 0 unspecified atom stereocenters. The van der Waals surface area contributed by atoms with Crippen molar-refractivity contribution in [2.45, 2.75) is 11.4 Å². The van der Waals surface area contributed by atoms with Crippen LogP contribution in [0.5, 0.6) is 0 Å². The molecule has 0 aliphatic rings. The lowest BCUT2D eigenvalue weighted by Gasteiger charge is -2.23. The summed E-state index contributed by atoms with van der Waals surface area (Å²) in [4.78, 5) is 2.86. The molecule has 0 atom stereocenters. The molecule has 0 saturated heterocycles. The molecule has 0 spiro atoms. The zero-order valence-corrected chi connectivity index (χ0v) is 12.9. The van der Waals surface area contributed by atoms with Crippen LogP contribution in [-0.2, 0) is 6.54 Å². The smallest absolute Gasteiger partial charge is 0.128 e. The van der Waals surface area contributed by atoms with E-state index in [1.807, 2.05) is 42.5 Å². The molecule has 0 radical (unpaired) electrons. The number of rotatable bonds is 5. The van der Waals surface area contributed by atoms with Gasteiger partial charge in [0, 0.05) is 29.7 Å². The van der Waals surface area contributed by atoms with E-state index in [4.69, 9.17) is 11.1 Å². The third kappa shape index (κ3) is 3.36. The molecule has 2 aromatic rings. The third-order valence-electron chi connectivity index (χ3n) is 3.27. The lowest BCUT2D eigenvalue weighted by atomic mass is 10.1. The molecule has 21 heavy (non-hydrogen) atoms. The van der Waals surface area contributed by atoms with Gasteiger partial charge in [0.25, 0.3) is 0 Å². The maximum absolute atomic E-state index is 13.8. The van der Waals surface area contributed by atoms with Crippen molar-refractivity contribution in [3.05, 3.63) is 59.4 Å². The van der Waals surface area contributed by atoms with Crippen molar-refractivity contribution in [3.63, 3.8) is 0 Å². The van der Waals surface area contributed by atoms with E-state index < -0.39 is 0 Å². The topological polar surface area (TPSA) is 53.1 Å². The van der Waals surface area contributed by atoms with Gasteiger partial charge in [0.2, 0.25) is 0 Å². The van der Waals surface area contributed by atoms with Crippen molar-refractivity contribution in [3.8, 4) is 0 Å². The summed E-state index contributed by atoms with van der Waals surface area (Å²) in [6.07, 6.45) is 1.95. The second-order valence-electron chi connectivity index (χ2n) is 4.72. The molecule has 0 fully saturated rings. The van der Waals surface area contributed by atoms with E-state index in [1.165, 1.54) is 6.07 Å². The van der Waals surface area contributed by atoms with Crippen LogP contribution in [-0.4, -0.2) is 19.1 Å². The van der Waals surface area contributed by atoms with Gasteiger partial charge in [-0.1, -0.05) is 24.3 Å². The molecule has 0 bridgehead atoms. The Balaban J connectivity index is 2.37. The Hall–Kier alpha value is -2.01. The van der Waals surface area contributed by atoms with E-state index in [0.29, 0.717) is 17.7 Å². The number of thioether (sulfide) groups is 1. The second kappa shape index (κ2) is 6.63. The van der Waals surface area contributed by atoms with Crippen LogP contribution in [0.3, 0.4) is 0 Å². The van der Waals surface area contributed by atoms with Gasteiger partial charge < -0.3 is 10.6 Å². The SMILES string of the molecule is CSc1cccc(N(C)Cc2ccccc2F)c1C(=N)N. The summed E-state index contributed by atoms with van der Waals surface area (Å²) < 4.78 is 13.8. The van der Waals surface area contributed by atoms with Crippen molar-refractivity contribution in [1.82, 2.24) is 0 Å². The number of nitrogens with one attached hydrogen (secondary N) is 1. The molecule has 3 nitrogen and oxygen atoms in total.